The lowest BCUT2D eigenvalue weighted by molar-refractivity contribution is -0.00930. The van der Waals surface area contributed by atoms with Crippen LogP contribution in [0.1, 0.15) is 41.0 Å². The SMILES string of the molecule is CC.CC1=CCOC(C)(C)C1. The maximum Gasteiger partial charge on any atom is 0.0667 e. The van der Waals surface area contributed by atoms with E-state index in [9.17, 15) is 0 Å². The Balaban J connectivity index is 0.000000461. The van der Waals surface area contributed by atoms with Gasteiger partial charge in [-0.05, 0) is 27.2 Å². The van der Waals surface area contributed by atoms with E-state index in [2.05, 4.69) is 26.8 Å². The van der Waals surface area contributed by atoms with E-state index < -0.39 is 0 Å². The summed E-state index contributed by atoms with van der Waals surface area (Å²) in [6.45, 7) is 11.2. The minimum Gasteiger partial charge on any atom is -0.371 e. The Morgan fingerprint density at radius 2 is 1.91 bits per heavy atom. The molecule has 0 atom stereocenters. The summed E-state index contributed by atoms with van der Waals surface area (Å²) in [5, 5.41) is 0. The molecule has 0 saturated carbocycles. The smallest absolute Gasteiger partial charge is 0.0667 e. The summed E-state index contributed by atoms with van der Waals surface area (Å²) in [6, 6.07) is 0. The van der Waals surface area contributed by atoms with Gasteiger partial charge in [-0.15, -0.1) is 0 Å². The van der Waals surface area contributed by atoms with E-state index in [1.807, 2.05) is 13.8 Å². The van der Waals surface area contributed by atoms with Crippen LogP contribution in [0, 0.1) is 0 Å². The lowest BCUT2D eigenvalue weighted by atomic mass is 9.97. The Hall–Kier alpha value is -0.300. The Bertz CT molecular complexity index is 134. The molecule has 0 bridgehead atoms. The molecule has 0 aliphatic carbocycles. The van der Waals surface area contributed by atoms with Crippen molar-refractivity contribution >= 4 is 0 Å². The van der Waals surface area contributed by atoms with E-state index in [-0.39, 0.29) is 5.60 Å². The third-order valence-corrected chi connectivity index (χ3v) is 1.61. The summed E-state index contributed by atoms with van der Waals surface area (Å²) in [5.74, 6) is 0. The first kappa shape index (κ1) is 10.7. The summed E-state index contributed by atoms with van der Waals surface area (Å²) in [7, 11) is 0. The van der Waals surface area contributed by atoms with Crippen LogP contribution in [0.3, 0.4) is 0 Å². The van der Waals surface area contributed by atoms with Crippen molar-refractivity contribution in [2.75, 3.05) is 6.61 Å². The van der Waals surface area contributed by atoms with Gasteiger partial charge in [0.15, 0.2) is 0 Å². The van der Waals surface area contributed by atoms with Crippen LogP contribution in [0.25, 0.3) is 0 Å². The van der Waals surface area contributed by atoms with Crippen LogP contribution in [0.2, 0.25) is 0 Å². The molecule has 1 aliphatic rings. The van der Waals surface area contributed by atoms with Gasteiger partial charge in [0.1, 0.15) is 0 Å². The molecule has 1 nitrogen and oxygen atoms in total. The minimum absolute atomic E-state index is 0.0822. The van der Waals surface area contributed by atoms with Crippen molar-refractivity contribution in [1.82, 2.24) is 0 Å². The minimum atomic E-state index is 0.0822. The molecule has 0 aromatic heterocycles. The standard InChI is InChI=1S/C8H14O.C2H6/c1-7-4-5-9-8(2,3)6-7;1-2/h4H,5-6H2,1-3H3;1-2H3. The highest BCUT2D eigenvalue weighted by Crippen LogP contribution is 2.23. The van der Waals surface area contributed by atoms with Crippen LogP contribution in [-0.2, 0) is 4.74 Å². The third kappa shape index (κ3) is 4.20. The third-order valence-electron chi connectivity index (χ3n) is 1.61. The summed E-state index contributed by atoms with van der Waals surface area (Å²) in [5.41, 5.74) is 1.53. The van der Waals surface area contributed by atoms with Gasteiger partial charge in [-0.2, -0.15) is 0 Å². The summed E-state index contributed by atoms with van der Waals surface area (Å²) < 4.78 is 5.46. The van der Waals surface area contributed by atoms with Crippen molar-refractivity contribution in [2.24, 2.45) is 0 Å². The van der Waals surface area contributed by atoms with Crippen LogP contribution < -0.4 is 0 Å². The fraction of sp³-hybridized carbons (Fsp3) is 0.800. The fourth-order valence-corrected chi connectivity index (χ4v) is 1.20. The maximum absolute atomic E-state index is 5.46. The normalized spacial score (nSPS) is 21.4. The summed E-state index contributed by atoms with van der Waals surface area (Å²) in [4.78, 5) is 0. The second kappa shape index (κ2) is 4.55. The Morgan fingerprint density at radius 3 is 2.18 bits per heavy atom. The Labute approximate surface area is 70.4 Å². The highest BCUT2D eigenvalue weighted by Gasteiger charge is 2.20. The zero-order chi connectivity index (χ0) is 8.91. The van der Waals surface area contributed by atoms with Crippen LogP contribution in [0.15, 0.2) is 11.6 Å². The molecule has 0 amide bonds. The van der Waals surface area contributed by atoms with Crippen molar-refractivity contribution in [3.05, 3.63) is 11.6 Å². The molecule has 1 aliphatic heterocycles. The van der Waals surface area contributed by atoms with Gasteiger partial charge in [0, 0.05) is 0 Å². The van der Waals surface area contributed by atoms with Crippen molar-refractivity contribution in [2.45, 2.75) is 46.6 Å². The molecule has 0 saturated heterocycles. The first-order valence-electron chi connectivity index (χ1n) is 4.40. The second-order valence-electron chi connectivity index (χ2n) is 3.30. The molecule has 66 valence electrons. The molecule has 0 spiro atoms. The van der Waals surface area contributed by atoms with E-state index >= 15 is 0 Å². The van der Waals surface area contributed by atoms with Gasteiger partial charge in [-0.3, -0.25) is 0 Å². The lowest BCUT2D eigenvalue weighted by Crippen LogP contribution is -2.27. The second-order valence-corrected chi connectivity index (χ2v) is 3.30. The van der Waals surface area contributed by atoms with Gasteiger partial charge in [-0.25, -0.2) is 0 Å². The van der Waals surface area contributed by atoms with E-state index in [1.54, 1.807) is 0 Å². The molecule has 0 N–H and O–H groups in total. The molecular formula is C10H20O. The largest absolute Gasteiger partial charge is 0.371 e. The first-order chi connectivity index (χ1) is 5.10. The van der Waals surface area contributed by atoms with E-state index in [4.69, 9.17) is 4.74 Å². The topological polar surface area (TPSA) is 9.23 Å². The monoisotopic (exact) mass is 156 g/mol. The molecule has 1 rings (SSSR count). The lowest BCUT2D eigenvalue weighted by Gasteiger charge is -2.28. The average molecular weight is 156 g/mol. The number of hydrogen-bond acceptors (Lipinski definition) is 1. The van der Waals surface area contributed by atoms with Crippen molar-refractivity contribution in [1.29, 1.82) is 0 Å². The van der Waals surface area contributed by atoms with Crippen LogP contribution in [-0.4, -0.2) is 12.2 Å². The maximum atomic E-state index is 5.46. The highest BCUT2D eigenvalue weighted by atomic mass is 16.5. The van der Waals surface area contributed by atoms with E-state index in [0.29, 0.717) is 0 Å². The molecule has 0 fully saturated rings. The van der Waals surface area contributed by atoms with Gasteiger partial charge in [0.05, 0.1) is 12.2 Å². The predicted octanol–water partition coefficient (Wildman–Crippen LogP) is 3.16. The van der Waals surface area contributed by atoms with Crippen molar-refractivity contribution < 1.29 is 4.74 Å². The average Bonchev–Trinajstić information content (AvgIpc) is 1.89. The molecule has 0 radical (unpaired) electrons. The molecule has 0 aromatic carbocycles. The molecule has 11 heavy (non-hydrogen) atoms. The number of hydrogen-bond donors (Lipinski definition) is 0. The zero-order valence-corrected chi connectivity index (χ0v) is 8.40. The number of rotatable bonds is 0. The number of ether oxygens (including phenoxy) is 1. The first-order valence-corrected chi connectivity index (χ1v) is 4.40. The van der Waals surface area contributed by atoms with E-state index in [1.165, 1.54) is 5.57 Å². The molecular weight excluding hydrogens is 136 g/mol. The van der Waals surface area contributed by atoms with Gasteiger partial charge in [0.2, 0.25) is 0 Å². The summed E-state index contributed by atoms with van der Waals surface area (Å²) in [6.07, 6.45) is 3.22. The van der Waals surface area contributed by atoms with Crippen molar-refractivity contribution in [3.63, 3.8) is 0 Å². The van der Waals surface area contributed by atoms with Crippen LogP contribution >= 0.6 is 0 Å². The Morgan fingerprint density at radius 1 is 1.36 bits per heavy atom. The van der Waals surface area contributed by atoms with Crippen molar-refractivity contribution in [3.8, 4) is 0 Å². The van der Waals surface area contributed by atoms with Crippen LogP contribution in [0.5, 0.6) is 0 Å². The van der Waals surface area contributed by atoms with Gasteiger partial charge >= 0.3 is 0 Å². The van der Waals surface area contributed by atoms with E-state index in [0.717, 1.165) is 13.0 Å². The van der Waals surface area contributed by atoms with Gasteiger partial charge < -0.3 is 4.74 Å². The predicted molar refractivity (Wildman–Crippen MR) is 49.8 cm³/mol. The van der Waals surface area contributed by atoms with Gasteiger partial charge in [0.25, 0.3) is 0 Å². The highest BCUT2D eigenvalue weighted by molar-refractivity contribution is 5.05. The molecule has 1 heteroatoms. The van der Waals surface area contributed by atoms with Crippen LogP contribution in [0.4, 0.5) is 0 Å². The molecule has 0 unspecified atom stereocenters. The van der Waals surface area contributed by atoms with Gasteiger partial charge in [-0.1, -0.05) is 25.5 Å². The Kier molecular flexibility index (Phi) is 4.43. The molecule has 0 aromatic rings. The fourth-order valence-electron chi connectivity index (χ4n) is 1.20. The quantitative estimate of drug-likeness (QED) is 0.489. The summed E-state index contributed by atoms with van der Waals surface area (Å²) >= 11 is 0. The molecule has 1 heterocycles. The zero-order valence-electron chi connectivity index (χ0n) is 8.40.